The number of likely N-dealkylation sites (N-methyl/N-ethyl adjacent to an activating group) is 2. The van der Waals surface area contributed by atoms with E-state index in [2.05, 4.69) is 56.8 Å². The molecule has 1 saturated heterocycles. The van der Waals surface area contributed by atoms with Crippen LogP contribution in [0.25, 0.3) is 0 Å². The fourth-order valence-electron chi connectivity index (χ4n) is 4.59. The van der Waals surface area contributed by atoms with Crippen molar-refractivity contribution in [1.82, 2.24) is 19.8 Å². The average molecular weight is 578 g/mol. The molecule has 0 saturated carbocycles. The third kappa shape index (κ3) is 8.14. The van der Waals surface area contributed by atoms with Gasteiger partial charge in [0.1, 0.15) is 5.82 Å². The predicted molar refractivity (Wildman–Crippen MR) is 167 cm³/mol. The maximum absolute atomic E-state index is 12.9. The van der Waals surface area contributed by atoms with Crippen molar-refractivity contribution in [2.24, 2.45) is 0 Å². The number of hydrogen-bond acceptors (Lipinski definition) is 8. The zero-order valence-electron chi connectivity index (χ0n) is 25.4. The number of nitrogens with zero attached hydrogens (tertiary/aromatic N) is 5. The number of anilines is 1. The van der Waals surface area contributed by atoms with Crippen molar-refractivity contribution in [2.75, 3.05) is 65.9 Å². The normalized spacial score (nSPS) is 14.2. The van der Waals surface area contributed by atoms with Gasteiger partial charge in [-0.15, -0.1) is 0 Å². The maximum Gasteiger partial charge on any atom is 0.253 e. The largest absolute Gasteiger partial charge is 0.493 e. The van der Waals surface area contributed by atoms with Crippen molar-refractivity contribution >= 4 is 23.5 Å². The molecule has 4 rings (SSSR count). The van der Waals surface area contributed by atoms with E-state index in [0.29, 0.717) is 0 Å². The topological polar surface area (TPSA) is 71.0 Å². The van der Waals surface area contributed by atoms with Crippen LogP contribution in [0.4, 0.5) is 5.82 Å². The Hall–Kier alpha value is -3.30. The Labute approximate surface area is 249 Å². The van der Waals surface area contributed by atoms with E-state index in [0.717, 1.165) is 84.2 Å². The zero-order valence-corrected chi connectivity index (χ0v) is 26.3. The van der Waals surface area contributed by atoms with E-state index in [4.69, 9.17) is 19.4 Å². The Bertz CT molecular complexity index is 1320. The van der Waals surface area contributed by atoms with Gasteiger partial charge in [0.25, 0.3) is 5.91 Å². The van der Waals surface area contributed by atoms with E-state index >= 15 is 0 Å². The Balaban J connectivity index is 1.42. The van der Waals surface area contributed by atoms with Crippen molar-refractivity contribution < 1.29 is 14.3 Å². The predicted octanol–water partition coefficient (Wildman–Crippen LogP) is 5.15. The van der Waals surface area contributed by atoms with Gasteiger partial charge in [0.15, 0.2) is 16.7 Å². The zero-order chi connectivity index (χ0) is 29.6. The lowest BCUT2D eigenvalue weighted by molar-refractivity contribution is 0.0664. The second-order valence-corrected chi connectivity index (χ2v) is 12.5. The summed E-state index contributed by atoms with van der Waals surface area (Å²) in [4.78, 5) is 29.1. The van der Waals surface area contributed by atoms with Crippen molar-refractivity contribution in [2.45, 2.75) is 43.5 Å². The van der Waals surface area contributed by atoms with Crippen LogP contribution in [0.5, 0.6) is 11.5 Å². The lowest BCUT2D eigenvalue weighted by atomic mass is 9.92. The minimum Gasteiger partial charge on any atom is -0.493 e. The highest BCUT2D eigenvalue weighted by molar-refractivity contribution is 7.98. The number of rotatable bonds is 10. The Kier molecular flexibility index (Phi) is 10.1. The van der Waals surface area contributed by atoms with E-state index in [-0.39, 0.29) is 11.3 Å². The molecule has 0 unspecified atom stereocenters. The van der Waals surface area contributed by atoms with Crippen molar-refractivity contribution in [3.63, 3.8) is 0 Å². The van der Waals surface area contributed by atoms with Gasteiger partial charge in [-0.1, -0.05) is 50.7 Å². The molecule has 0 bridgehead atoms. The summed E-state index contributed by atoms with van der Waals surface area (Å²) in [7, 11) is 7.47. The Morgan fingerprint density at radius 2 is 1.59 bits per heavy atom. The molecule has 1 amide bonds. The number of aromatic nitrogens is 2. The third-order valence-electron chi connectivity index (χ3n) is 7.39. The highest BCUT2D eigenvalue weighted by atomic mass is 32.2. The van der Waals surface area contributed by atoms with Crippen LogP contribution < -0.4 is 14.4 Å². The molecule has 0 aliphatic carbocycles. The van der Waals surface area contributed by atoms with Crippen LogP contribution in [0.2, 0.25) is 0 Å². The second-order valence-electron chi connectivity index (χ2n) is 11.6. The maximum atomic E-state index is 12.9. The fraction of sp³-hybridized carbons (Fsp3) is 0.469. The van der Waals surface area contributed by atoms with Crippen LogP contribution in [-0.4, -0.2) is 86.7 Å². The van der Waals surface area contributed by atoms with Crippen molar-refractivity contribution in [3.8, 4) is 11.5 Å². The second kappa shape index (κ2) is 13.6. The molecule has 220 valence electrons. The molecule has 0 radical (unpaired) electrons. The molecule has 0 spiro atoms. The summed E-state index contributed by atoms with van der Waals surface area (Å²) in [6.07, 6.45) is 0.841. The van der Waals surface area contributed by atoms with Gasteiger partial charge in [-0.05, 0) is 48.9 Å². The van der Waals surface area contributed by atoms with Crippen LogP contribution in [0.15, 0.2) is 53.7 Å². The molecule has 0 N–H and O–H groups in total. The van der Waals surface area contributed by atoms with Crippen LogP contribution in [-0.2, 0) is 17.6 Å². The van der Waals surface area contributed by atoms with Crippen LogP contribution >= 0.6 is 11.8 Å². The van der Waals surface area contributed by atoms with Gasteiger partial charge in [-0.2, -0.15) is 0 Å². The SMILES string of the molecule is COc1ccc(CCN(C)c2cc(C(C)(C)C)nc(SCc3ccc(C(=O)N4CCN(C)CC4)cc3)n2)cc1OC. The highest BCUT2D eigenvalue weighted by Gasteiger charge is 2.21. The molecule has 2 aromatic carbocycles. The Morgan fingerprint density at radius 1 is 0.927 bits per heavy atom. The first-order chi connectivity index (χ1) is 19.6. The molecule has 9 heteroatoms. The molecule has 8 nitrogen and oxygen atoms in total. The van der Waals surface area contributed by atoms with Gasteiger partial charge in [0.05, 0.1) is 19.9 Å². The van der Waals surface area contributed by atoms with E-state index in [9.17, 15) is 4.79 Å². The van der Waals surface area contributed by atoms with Crippen LogP contribution in [0.3, 0.4) is 0 Å². The van der Waals surface area contributed by atoms with E-state index in [1.165, 1.54) is 5.56 Å². The molecule has 1 fully saturated rings. The molecule has 2 heterocycles. The van der Waals surface area contributed by atoms with E-state index < -0.39 is 0 Å². The molecule has 1 aliphatic rings. The molecule has 1 aromatic heterocycles. The van der Waals surface area contributed by atoms with Crippen LogP contribution in [0.1, 0.15) is 48.0 Å². The minimum atomic E-state index is -0.109. The smallest absolute Gasteiger partial charge is 0.253 e. The first kappa shape index (κ1) is 30.7. The van der Waals surface area contributed by atoms with Gasteiger partial charge in [0.2, 0.25) is 0 Å². The van der Waals surface area contributed by atoms with E-state index in [1.54, 1.807) is 26.0 Å². The molecule has 3 aromatic rings. The summed E-state index contributed by atoms with van der Waals surface area (Å²) in [6, 6.07) is 16.1. The van der Waals surface area contributed by atoms with Gasteiger partial charge in [0, 0.05) is 62.6 Å². The standard InChI is InChI=1S/C32H43N5O3S/c1-32(2,3)28-21-29(36(5)15-14-23-10-13-26(39-6)27(20-23)40-7)34-31(33-28)41-22-24-8-11-25(12-9-24)30(38)37-18-16-35(4)17-19-37/h8-13,20-21H,14-19,22H2,1-7H3. The molecule has 0 atom stereocenters. The Morgan fingerprint density at radius 3 is 2.22 bits per heavy atom. The summed E-state index contributed by atoms with van der Waals surface area (Å²) >= 11 is 1.62. The summed E-state index contributed by atoms with van der Waals surface area (Å²) < 4.78 is 10.8. The number of carbonyl (C=O) groups is 1. The molecule has 41 heavy (non-hydrogen) atoms. The quantitative estimate of drug-likeness (QED) is 0.242. The summed E-state index contributed by atoms with van der Waals surface area (Å²) in [5.74, 6) is 3.21. The molecule has 1 aliphatic heterocycles. The van der Waals surface area contributed by atoms with Gasteiger partial charge in [-0.3, -0.25) is 4.79 Å². The van der Waals surface area contributed by atoms with Crippen molar-refractivity contribution in [3.05, 3.63) is 70.9 Å². The number of amides is 1. The minimum absolute atomic E-state index is 0.109. The molecular weight excluding hydrogens is 534 g/mol. The first-order valence-electron chi connectivity index (χ1n) is 14.1. The van der Waals surface area contributed by atoms with Crippen molar-refractivity contribution in [1.29, 1.82) is 0 Å². The third-order valence-corrected chi connectivity index (χ3v) is 8.31. The number of carbonyl (C=O) groups excluding carboxylic acids is 1. The monoisotopic (exact) mass is 577 g/mol. The van der Waals surface area contributed by atoms with Gasteiger partial charge >= 0.3 is 0 Å². The van der Waals surface area contributed by atoms with Gasteiger partial charge < -0.3 is 24.2 Å². The number of thioether (sulfide) groups is 1. The lowest BCUT2D eigenvalue weighted by Gasteiger charge is -2.32. The number of benzene rings is 2. The highest BCUT2D eigenvalue weighted by Crippen LogP contribution is 2.30. The summed E-state index contributed by atoms with van der Waals surface area (Å²) in [5.41, 5.74) is 3.95. The van der Waals surface area contributed by atoms with Gasteiger partial charge in [-0.25, -0.2) is 9.97 Å². The first-order valence-corrected chi connectivity index (χ1v) is 15.1. The summed E-state index contributed by atoms with van der Waals surface area (Å²) in [5, 5.41) is 0.753. The number of ether oxygens (including phenoxy) is 2. The number of hydrogen-bond donors (Lipinski definition) is 0. The fourth-order valence-corrected chi connectivity index (χ4v) is 5.40. The van der Waals surface area contributed by atoms with Crippen LogP contribution in [0, 0.1) is 0 Å². The number of piperazine rings is 1. The summed E-state index contributed by atoms with van der Waals surface area (Å²) in [6.45, 7) is 10.7. The lowest BCUT2D eigenvalue weighted by Crippen LogP contribution is -2.47. The average Bonchev–Trinajstić information content (AvgIpc) is 2.98. The molecular formula is C32H43N5O3S. The number of methoxy groups -OCH3 is 2. The van der Waals surface area contributed by atoms with E-state index in [1.807, 2.05) is 41.3 Å².